The summed E-state index contributed by atoms with van der Waals surface area (Å²) in [5, 5.41) is 2.16. The molecular formula is C13H16N2O7. The zero-order chi connectivity index (χ0) is 16.9. The van der Waals surface area contributed by atoms with Crippen LogP contribution in [0.1, 0.15) is 13.8 Å². The van der Waals surface area contributed by atoms with E-state index in [1.54, 1.807) is 0 Å². The summed E-state index contributed by atoms with van der Waals surface area (Å²) >= 11 is 0. The zero-order valence-corrected chi connectivity index (χ0v) is 12.2. The van der Waals surface area contributed by atoms with Gasteiger partial charge in [0.25, 0.3) is 0 Å². The Morgan fingerprint density at radius 3 is 1.95 bits per heavy atom. The minimum Gasteiger partial charge on any atom is -0.463 e. The molecule has 0 aromatic rings. The van der Waals surface area contributed by atoms with Gasteiger partial charge in [-0.25, -0.2) is 0 Å². The third kappa shape index (κ3) is 3.48. The van der Waals surface area contributed by atoms with Gasteiger partial charge in [-0.2, -0.15) is 0 Å². The Hall–Kier alpha value is -2.29. The van der Waals surface area contributed by atoms with Crippen LogP contribution in [0, 0.1) is 10.8 Å². The van der Waals surface area contributed by atoms with Crippen molar-refractivity contribution in [2.75, 3.05) is 26.2 Å². The number of esters is 1. The van der Waals surface area contributed by atoms with Crippen molar-refractivity contribution in [2.45, 2.75) is 19.9 Å². The number of ketones is 4. The molecule has 22 heavy (non-hydrogen) atoms. The number of ether oxygens (including phenoxy) is 1. The van der Waals surface area contributed by atoms with E-state index in [1.807, 2.05) is 18.7 Å². The monoisotopic (exact) mass is 312 g/mol. The highest BCUT2D eigenvalue weighted by molar-refractivity contribution is 6.65. The first kappa shape index (κ1) is 17.8. The van der Waals surface area contributed by atoms with E-state index in [9.17, 15) is 28.9 Å². The molecule has 0 bridgehead atoms. The Kier molecular flexibility index (Phi) is 6.17. The van der Waals surface area contributed by atoms with Crippen LogP contribution in [-0.2, 0) is 28.7 Å². The number of likely N-dealkylation sites (N-methyl/N-ethyl adjacent to an activating group) is 1. The molecule has 0 aliphatic heterocycles. The fourth-order valence-corrected chi connectivity index (χ4v) is 2.00. The van der Waals surface area contributed by atoms with Crippen LogP contribution in [0.2, 0.25) is 0 Å². The molecule has 0 heterocycles. The number of nitrogens with zero attached hydrogens (tertiary/aromatic N) is 2. The van der Waals surface area contributed by atoms with Crippen molar-refractivity contribution >= 4 is 29.1 Å². The molecule has 9 heteroatoms. The lowest BCUT2D eigenvalue weighted by molar-refractivity contribution is -0.163. The van der Waals surface area contributed by atoms with Crippen molar-refractivity contribution in [3.05, 3.63) is 4.91 Å². The first-order chi connectivity index (χ1) is 10.4. The van der Waals surface area contributed by atoms with Gasteiger partial charge in [-0.1, -0.05) is 13.8 Å². The summed E-state index contributed by atoms with van der Waals surface area (Å²) in [6.07, 6.45) is 0. The van der Waals surface area contributed by atoms with Gasteiger partial charge in [0.05, 0.1) is 0 Å². The summed E-state index contributed by atoms with van der Waals surface area (Å²) in [6.45, 7) is 5.55. The Morgan fingerprint density at radius 2 is 1.55 bits per heavy atom. The van der Waals surface area contributed by atoms with E-state index in [2.05, 4.69) is 5.18 Å². The quantitative estimate of drug-likeness (QED) is 0.251. The van der Waals surface area contributed by atoms with Crippen LogP contribution in [0.4, 0.5) is 0 Å². The largest absolute Gasteiger partial charge is 0.463 e. The van der Waals surface area contributed by atoms with Crippen molar-refractivity contribution in [3.8, 4) is 0 Å². The number of carbonyl (C=O) groups excluding carboxylic acids is 5. The highest BCUT2D eigenvalue weighted by Gasteiger charge is 2.53. The molecule has 0 saturated heterocycles. The van der Waals surface area contributed by atoms with Gasteiger partial charge in [0, 0.05) is 6.54 Å². The first-order valence-corrected chi connectivity index (χ1v) is 6.76. The fraction of sp³-hybridized carbons (Fsp3) is 0.615. The summed E-state index contributed by atoms with van der Waals surface area (Å²) in [4.78, 5) is 70.3. The molecule has 0 aromatic carbocycles. The minimum atomic E-state index is -2.18. The number of hydrogen-bond donors (Lipinski definition) is 0. The van der Waals surface area contributed by atoms with Crippen LogP contribution >= 0.6 is 0 Å². The van der Waals surface area contributed by atoms with Gasteiger partial charge < -0.3 is 9.64 Å². The maximum absolute atomic E-state index is 11.8. The maximum atomic E-state index is 11.8. The highest BCUT2D eigenvalue weighted by Crippen LogP contribution is 2.16. The summed E-state index contributed by atoms with van der Waals surface area (Å²) in [6, 6.07) is -2.18. The van der Waals surface area contributed by atoms with Crippen LogP contribution in [0.5, 0.6) is 0 Å². The van der Waals surface area contributed by atoms with Crippen LogP contribution in [0.15, 0.2) is 5.18 Å². The highest BCUT2D eigenvalue weighted by atomic mass is 16.5. The van der Waals surface area contributed by atoms with E-state index < -0.39 is 41.1 Å². The third-order valence-electron chi connectivity index (χ3n) is 3.39. The molecule has 1 fully saturated rings. The van der Waals surface area contributed by atoms with Gasteiger partial charge in [0.2, 0.25) is 29.2 Å². The van der Waals surface area contributed by atoms with Gasteiger partial charge in [0.1, 0.15) is 6.61 Å². The van der Waals surface area contributed by atoms with E-state index in [0.717, 1.165) is 13.1 Å². The summed E-state index contributed by atoms with van der Waals surface area (Å²) in [5.41, 5.74) is 0. The second-order valence-electron chi connectivity index (χ2n) is 4.59. The SMILES string of the molecule is CCN(CC)CCOC(=O)C1C(=O)C(=O)C(N=O)C(=O)C1=O. The second kappa shape index (κ2) is 7.64. The fourth-order valence-electron chi connectivity index (χ4n) is 2.00. The van der Waals surface area contributed by atoms with Gasteiger partial charge in [-0.05, 0) is 18.3 Å². The Morgan fingerprint density at radius 1 is 1.05 bits per heavy atom. The molecule has 0 atom stereocenters. The van der Waals surface area contributed by atoms with Crippen molar-refractivity contribution in [1.82, 2.24) is 4.90 Å². The lowest BCUT2D eigenvalue weighted by Gasteiger charge is -2.21. The molecule has 0 amide bonds. The summed E-state index contributed by atoms with van der Waals surface area (Å²) in [5.74, 6) is -9.14. The molecule has 9 nitrogen and oxygen atoms in total. The van der Waals surface area contributed by atoms with Gasteiger partial charge >= 0.3 is 5.97 Å². The van der Waals surface area contributed by atoms with Gasteiger partial charge in [-0.15, -0.1) is 4.91 Å². The van der Waals surface area contributed by atoms with E-state index in [-0.39, 0.29) is 6.61 Å². The van der Waals surface area contributed by atoms with E-state index in [4.69, 9.17) is 4.74 Å². The molecule has 0 unspecified atom stereocenters. The van der Waals surface area contributed by atoms with E-state index >= 15 is 0 Å². The molecule has 0 aromatic heterocycles. The molecular weight excluding hydrogens is 296 g/mol. The lowest BCUT2D eigenvalue weighted by Crippen LogP contribution is -2.54. The van der Waals surface area contributed by atoms with Crippen molar-refractivity contribution in [3.63, 3.8) is 0 Å². The average Bonchev–Trinajstić information content (AvgIpc) is 2.50. The van der Waals surface area contributed by atoms with Crippen LogP contribution in [0.25, 0.3) is 0 Å². The Bertz CT molecular complexity index is 496. The number of nitroso groups, excluding NO2 is 1. The number of rotatable bonds is 7. The lowest BCUT2D eigenvalue weighted by atomic mass is 9.82. The normalized spacial score (nSPS) is 22.1. The smallest absolute Gasteiger partial charge is 0.325 e. The average molecular weight is 312 g/mol. The molecule has 1 saturated carbocycles. The van der Waals surface area contributed by atoms with Crippen molar-refractivity contribution in [1.29, 1.82) is 0 Å². The van der Waals surface area contributed by atoms with E-state index in [1.165, 1.54) is 0 Å². The standard InChI is InChI=1S/C13H16N2O7/c1-3-15(4-2)5-6-22-13(20)7-9(16)11(18)8(14-21)12(19)10(7)17/h7-8H,3-6H2,1-2H3. The molecule has 1 rings (SSSR count). The summed E-state index contributed by atoms with van der Waals surface area (Å²) in [7, 11) is 0. The first-order valence-electron chi connectivity index (χ1n) is 6.76. The second-order valence-corrected chi connectivity index (χ2v) is 4.59. The van der Waals surface area contributed by atoms with Crippen molar-refractivity contribution in [2.24, 2.45) is 11.1 Å². The number of hydrogen-bond acceptors (Lipinski definition) is 9. The predicted molar refractivity (Wildman–Crippen MR) is 71.8 cm³/mol. The van der Waals surface area contributed by atoms with Crippen LogP contribution in [-0.4, -0.2) is 66.3 Å². The minimum absolute atomic E-state index is 0.0880. The molecule has 1 aliphatic carbocycles. The van der Waals surface area contributed by atoms with E-state index in [0.29, 0.717) is 6.54 Å². The zero-order valence-electron chi connectivity index (χ0n) is 12.2. The molecule has 0 N–H and O–H groups in total. The molecule has 120 valence electrons. The number of carbonyl (C=O) groups is 5. The Balaban J connectivity index is 2.74. The molecule has 0 radical (unpaired) electrons. The predicted octanol–water partition coefficient (Wildman–Crippen LogP) is -1.09. The van der Waals surface area contributed by atoms with Crippen LogP contribution in [0.3, 0.4) is 0 Å². The molecule has 1 aliphatic rings. The molecule has 0 spiro atoms. The van der Waals surface area contributed by atoms with Crippen LogP contribution < -0.4 is 0 Å². The maximum Gasteiger partial charge on any atom is 0.325 e. The van der Waals surface area contributed by atoms with Gasteiger partial charge in [-0.3, -0.25) is 24.0 Å². The topological polar surface area (TPSA) is 127 Å². The summed E-state index contributed by atoms with van der Waals surface area (Å²) < 4.78 is 4.79. The third-order valence-corrected chi connectivity index (χ3v) is 3.39. The van der Waals surface area contributed by atoms with Gasteiger partial charge in [0.15, 0.2) is 5.92 Å². The van der Waals surface area contributed by atoms with Crippen molar-refractivity contribution < 1.29 is 28.7 Å². The number of Topliss-reactive ketones (excluding diaryl/α,β-unsaturated/α-hetero) is 4. The Labute approximate surface area is 125 Å².